The fourth-order valence-corrected chi connectivity index (χ4v) is 3.57. The van der Waals surface area contributed by atoms with E-state index in [0.29, 0.717) is 6.04 Å². The van der Waals surface area contributed by atoms with Gasteiger partial charge in [0, 0.05) is 23.5 Å². The Kier molecular flexibility index (Phi) is 3.50. The van der Waals surface area contributed by atoms with Crippen molar-refractivity contribution in [3.8, 4) is 0 Å². The highest BCUT2D eigenvalue weighted by molar-refractivity contribution is 5.85. The Hall–Kier alpha value is -2.01. The summed E-state index contributed by atoms with van der Waals surface area (Å²) in [4.78, 5) is 0. The standard InChI is InChI=1S/C17H21N5/c1-12-6-5-7-13-10-14(11-18-15-8-3-2-4-9-15)17-19-20-21-22(17)16(12)13/h5-7,10,15,18H,2-4,8-9,11H2,1H3. The third-order valence-electron chi connectivity index (χ3n) is 4.75. The second-order valence-corrected chi connectivity index (χ2v) is 6.31. The highest BCUT2D eigenvalue weighted by atomic mass is 15.5. The summed E-state index contributed by atoms with van der Waals surface area (Å²) in [6.07, 6.45) is 6.64. The van der Waals surface area contributed by atoms with Crippen LogP contribution in [0.5, 0.6) is 0 Å². The maximum absolute atomic E-state index is 4.24. The molecule has 4 rings (SSSR count). The summed E-state index contributed by atoms with van der Waals surface area (Å²) in [5.74, 6) is 0. The van der Waals surface area contributed by atoms with E-state index in [1.54, 1.807) is 0 Å². The van der Waals surface area contributed by atoms with Crippen molar-refractivity contribution in [3.05, 3.63) is 35.4 Å². The second kappa shape index (κ2) is 5.65. The minimum absolute atomic E-state index is 0.637. The van der Waals surface area contributed by atoms with Crippen LogP contribution in [-0.4, -0.2) is 26.1 Å². The van der Waals surface area contributed by atoms with E-state index >= 15 is 0 Å². The Morgan fingerprint density at radius 2 is 2.09 bits per heavy atom. The molecule has 1 aromatic carbocycles. The number of para-hydroxylation sites is 1. The number of benzene rings is 1. The van der Waals surface area contributed by atoms with Crippen molar-refractivity contribution in [2.75, 3.05) is 0 Å². The number of fused-ring (bicyclic) bond motifs is 3. The van der Waals surface area contributed by atoms with Gasteiger partial charge in [-0.15, -0.1) is 5.10 Å². The molecule has 5 nitrogen and oxygen atoms in total. The number of tetrazole rings is 1. The summed E-state index contributed by atoms with van der Waals surface area (Å²) in [5, 5.41) is 17.2. The zero-order valence-corrected chi connectivity index (χ0v) is 12.9. The van der Waals surface area contributed by atoms with Crippen LogP contribution in [0.4, 0.5) is 0 Å². The van der Waals surface area contributed by atoms with Crippen LogP contribution in [0.3, 0.4) is 0 Å². The SMILES string of the molecule is Cc1cccc2cc(CNC3CCCCC3)c3nnnn3c12. The first-order chi connectivity index (χ1) is 10.8. The van der Waals surface area contributed by atoms with Gasteiger partial charge in [0.25, 0.3) is 0 Å². The minimum Gasteiger partial charge on any atom is -0.310 e. The molecule has 0 amide bonds. The zero-order valence-electron chi connectivity index (χ0n) is 12.9. The molecule has 114 valence electrons. The molecule has 1 saturated carbocycles. The molecule has 0 aliphatic heterocycles. The van der Waals surface area contributed by atoms with Crippen molar-refractivity contribution in [2.24, 2.45) is 0 Å². The largest absolute Gasteiger partial charge is 0.310 e. The van der Waals surface area contributed by atoms with Crippen LogP contribution in [0.1, 0.15) is 43.2 Å². The van der Waals surface area contributed by atoms with Crippen molar-refractivity contribution in [3.63, 3.8) is 0 Å². The first-order valence-corrected chi connectivity index (χ1v) is 8.15. The molecule has 0 spiro atoms. The molecule has 22 heavy (non-hydrogen) atoms. The quantitative estimate of drug-likeness (QED) is 0.807. The van der Waals surface area contributed by atoms with Crippen LogP contribution in [0, 0.1) is 6.92 Å². The van der Waals surface area contributed by atoms with E-state index in [-0.39, 0.29) is 0 Å². The van der Waals surface area contributed by atoms with Gasteiger partial charge in [-0.25, -0.2) is 0 Å². The summed E-state index contributed by atoms with van der Waals surface area (Å²) in [6, 6.07) is 9.19. The van der Waals surface area contributed by atoms with Gasteiger partial charge >= 0.3 is 0 Å². The lowest BCUT2D eigenvalue weighted by Gasteiger charge is -2.23. The molecule has 0 atom stereocenters. The van der Waals surface area contributed by atoms with Gasteiger partial charge in [0.05, 0.1) is 5.52 Å². The molecular formula is C17H21N5. The van der Waals surface area contributed by atoms with Crippen LogP contribution < -0.4 is 5.32 Å². The molecular weight excluding hydrogens is 274 g/mol. The third kappa shape index (κ3) is 2.35. The van der Waals surface area contributed by atoms with Gasteiger partial charge in [-0.2, -0.15) is 4.52 Å². The molecule has 2 heterocycles. The smallest absolute Gasteiger partial charge is 0.184 e. The van der Waals surface area contributed by atoms with Crippen LogP contribution >= 0.6 is 0 Å². The lowest BCUT2D eigenvalue weighted by Crippen LogP contribution is -2.30. The lowest BCUT2D eigenvalue weighted by molar-refractivity contribution is 0.372. The summed E-state index contributed by atoms with van der Waals surface area (Å²) in [7, 11) is 0. The summed E-state index contributed by atoms with van der Waals surface area (Å²) in [5.41, 5.74) is 4.34. The number of rotatable bonds is 3. The Bertz CT molecular complexity index is 801. The predicted octanol–water partition coefficient (Wildman–Crippen LogP) is 3.01. The van der Waals surface area contributed by atoms with E-state index in [0.717, 1.165) is 17.7 Å². The van der Waals surface area contributed by atoms with Crippen molar-refractivity contribution in [1.82, 2.24) is 25.4 Å². The van der Waals surface area contributed by atoms with E-state index in [2.05, 4.69) is 52.0 Å². The molecule has 0 bridgehead atoms. The molecule has 5 heteroatoms. The highest BCUT2D eigenvalue weighted by Gasteiger charge is 2.15. The Morgan fingerprint density at radius 1 is 1.23 bits per heavy atom. The first-order valence-electron chi connectivity index (χ1n) is 8.15. The number of nitrogens with one attached hydrogen (secondary N) is 1. The minimum atomic E-state index is 0.637. The molecule has 1 aliphatic carbocycles. The Labute approximate surface area is 129 Å². The van der Waals surface area contributed by atoms with Crippen molar-refractivity contribution < 1.29 is 0 Å². The number of pyridine rings is 1. The van der Waals surface area contributed by atoms with Gasteiger partial charge in [0.1, 0.15) is 0 Å². The predicted molar refractivity (Wildman–Crippen MR) is 86.7 cm³/mol. The molecule has 1 fully saturated rings. The average Bonchev–Trinajstić information content (AvgIpc) is 3.03. The second-order valence-electron chi connectivity index (χ2n) is 6.31. The fraction of sp³-hybridized carbons (Fsp3) is 0.471. The van der Waals surface area contributed by atoms with Gasteiger partial charge in [-0.1, -0.05) is 37.5 Å². The summed E-state index contributed by atoms with van der Waals surface area (Å²) >= 11 is 0. The fourth-order valence-electron chi connectivity index (χ4n) is 3.57. The summed E-state index contributed by atoms with van der Waals surface area (Å²) in [6.45, 7) is 2.93. The van der Waals surface area contributed by atoms with E-state index in [9.17, 15) is 0 Å². The van der Waals surface area contributed by atoms with Crippen molar-refractivity contribution in [1.29, 1.82) is 0 Å². The van der Waals surface area contributed by atoms with Gasteiger partial charge in [-0.05, 0) is 41.8 Å². The monoisotopic (exact) mass is 295 g/mol. The number of aromatic nitrogens is 4. The topological polar surface area (TPSA) is 55.1 Å². The Balaban J connectivity index is 1.71. The highest BCUT2D eigenvalue weighted by Crippen LogP contribution is 2.23. The normalized spacial score (nSPS) is 16.6. The van der Waals surface area contributed by atoms with E-state index < -0.39 is 0 Å². The third-order valence-corrected chi connectivity index (χ3v) is 4.75. The summed E-state index contributed by atoms with van der Waals surface area (Å²) < 4.78 is 1.88. The Morgan fingerprint density at radius 3 is 2.95 bits per heavy atom. The molecule has 0 saturated heterocycles. The van der Waals surface area contributed by atoms with Gasteiger partial charge in [0.2, 0.25) is 0 Å². The number of hydrogen-bond donors (Lipinski definition) is 1. The van der Waals surface area contributed by atoms with Gasteiger partial charge < -0.3 is 5.32 Å². The van der Waals surface area contributed by atoms with Crippen LogP contribution in [0.2, 0.25) is 0 Å². The van der Waals surface area contributed by atoms with Crippen LogP contribution in [0.15, 0.2) is 24.3 Å². The molecule has 0 radical (unpaired) electrons. The van der Waals surface area contributed by atoms with E-state index in [1.807, 2.05) is 4.52 Å². The van der Waals surface area contributed by atoms with Crippen molar-refractivity contribution >= 4 is 16.6 Å². The maximum atomic E-state index is 4.24. The maximum Gasteiger partial charge on any atom is 0.184 e. The van der Waals surface area contributed by atoms with Crippen molar-refractivity contribution in [2.45, 2.75) is 51.6 Å². The number of hydrogen-bond acceptors (Lipinski definition) is 4. The zero-order chi connectivity index (χ0) is 14.9. The molecule has 1 aliphatic rings. The van der Waals surface area contributed by atoms with Crippen LogP contribution in [-0.2, 0) is 6.54 Å². The van der Waals surface area contributed by atoms with Crippen LogP contribution in [0.25, 0.3) is 16.6 Å². The van der Waals surface area contributed by atoms with E-state index in [4.69, 9.17) is 0 Å². The molecule has 1 N–H and O–H groups in total. The molecule has 0 unspecified atom stereocenters. The van der Waals surface area contributed by atoms with E-state index in [1.165, 1.54) is 48.6 Å². The molecule has 3 aromatic rings. The van der Waals surface area contributed by atoms with Gasteiger partial charge in [0.15, 0.2) is 5.65 Å². The number of aryl methyl sites for hydroxylation is 1. The van der Waals surface area contributed by atoms with Gasteiger partial charge in [-0.3, -0.25) is 0 Å². The number of nitrogens with zero attached hydrogens (tertiary/aromatic N) is 4. The lowest BCUT2D eigenvalue weighted by atomic mass is 9.95. The first kappa shape index (κ1) is 13.6. The molecule has 2 aromatic heterocycles. The average molecular weight is 295 g/mol.